The van der Waals surface area contributed by atoms with Crippen LogP contribution in [0.2, 0.25) is 0 Å². The van der Waals surface area contributed by atoms with E-state index in [1.165, 1.54) is 12.8 Å². The van der Waals surface area contributed by atoms with Crippen molar-refractivity contribution in [2.75, 3.05) is 6.61 Å². The molecule has 2 amide bonds. The molecule has 1 heterocycles. The smallest absolute Gasteiger partial charge is 0.229 e. The molecule has 1 aliphatic heterocycles. The first kappa shape index (κ1) is 22.8. The fraction of sp³-hybridized carbons (Fsp3) is 0.565. The third-order valence-corrected chi connectivity index (χ3v) is 6.87. The first-order valence-electron chi connectivity index (χ1n) is 10.7. The fourth-order valence-corrected chi connectivity index (χ4v) is 4.47. The predicted octanol–water partition coefficient (Wildman–Crippen LogP) is 3.65. The molecule has 1 aliphatic carbocycles. The number of imide groups is 1. The van der Waals surface area contributed by atoms with Crippen molar-refractivity contribution >= 4 is 23.2 Å². The molecule has 164 valence electrons. The molecule has 7 heteroatoms. The fourth-order valence-electron chi connectivity index (χ4n) is 3.32. The Morgan fingerprint density at radius 3 is 2.80 bits per heavy atom. The van der Waals surface area contributed by atoms with E-state index in [0.29, 0.717) is 30.1 Å². The minimum atomic E-state index is -1.32. The topological polar surface area (TPSA) is 90.5 Å². The van der Waals surface area contributed by atoms with Crippen molar-refractivity contribution in [1.29, 1.82) is 0 Å². The Balaban J connectivity index is 1.41. The van der Waals surface area contributed by atoms with Crippen LogP contribution in [0.1, 0.15) is 58.8 Å². The number of nitrogens with one attached hydrogen (secondary N) is 2. The Labute approximate surface area is 182 Å². The molecule has 2 fully saturated rings. The average Bonchev–Trinajstić information content (AvgIpc) is 3.52. The van der Waals surface area contributed by atoms with Crippen LogP contribution in [0, 0.1) is 11.8 Å². The first-order valence-corrected chi connectivity index (χ1v) is 11.9. The summed E-state index contributed by atoms with van der Waals surface area (Å²) in [7, 11) is 0. The van der Waals surface area contributed by atoms with Gasteiger partial charge in [-0.3, -0.25) is 14.9 Å². The third kappa shape index (κ3) is 7.45. The lowest BCUT2D eigenvalue weighted by molar-refractivity contribution is -0.136. The summed E-state index contributed by atoms with van der Waals surface area (Å²) in [5.41, 5.74) is -0.311. The number of carbonyl (C=O) groups excluding carboxylic acids is 2. The predicted molar refractivity (Wildman–Crippen MR) is 117 cm³/mol. The van der Waals surface area contributed by atoms with E-state index in [-0.39, 0.29) is 23.3 Å². The van der Waals surface area contributed by atoms with E-state index in [2.05, 4.69) is 16.1 Å². The van der Waals surface area contributed by atoms with E-state index in [1.54, 1.807) is 0 Å². The maximum absolute atomic E-state index is 12.8. The molecule has 2 aliphatic rings. The second-order valence-electron chi connectivity index (χ2n) is 8.88. The average molecular weight is 433 g/mol. The van der Waals surface area contributed by atoms with Crippen LogP contribution in [-0.2, 0) is 21.0 Å². The molecule has 2 N–H and O–H groups in total. The Morgan fingerprint density at radius 1 is 1.27 bits per heavy atom. The molecule has 1 aromatic carbocycles. The minimum absolute atomic E-state index is 0.119. The monoisotopic (exact) mass is 432 g/mol. The number of hydrogen-bond donors (Lipinski definition) is 2. The number of amides is 2. The molecule has 0 bridgehead atoms. The van der Waals surface area contributed by atoms with Crippen molar-refractivity contribution in [1.82, 2.24) is 10.0 Å². The van der Waals surface area contributed by atoms with Crippen LogP contribution in [0.15, 0.2) is 41.3 Å². The SMILES string of the molecule is CC(C)(CC/C=C/CC1CCC(=O)NC1=O)N[S+]([O-])c1cccc(OCC2CC2)c1. The summed E-state index contributed by atoms with van der Waals surface area (Å²) >= 11 is -1.32. The van der Waals surface area contributed by atoms with Gasteiger partial charge < -0.3 is 9.29 Å². The highest BCUT2D eigenvalue weighted by atomic mass is 32.2. The van der Waals surface area contributed by atoms with Crippen molar-refractivity contribution in [3.8, 4) is 5.75 Å². The molecule has 0 aromatic heterocycles. The lowest BCUT2D eigenvalue weighted by Gasteiger charge is -2.26. The second-order valence-corrected chi connectivity index (χ2v) is 10.1. The molecule has 0 radical (unpaired) electrons. The van der Waals surface area contributed by atoms with Crippen LogP contribution in [0.5, 0.6) is 5.75 Å². The lowest BCUT2D eigenvalue weighted by atomic mass is 9.94. The van der Waals surface area contributed by atoms with E-state index in [4.69, 9.17) is 4.74 Å². The van der Waals surface area contributed by atoms with Crippen molar-refractivity contribution < 1.29 is 18.9 Å². The Bertz CT molecular complexity index is 776. The summed E-state index contributed by atoms with van der Waals surface area (Å²) in [4.78, 5) is 23.7. The van der Waals surface area contributed by atoms with E-state index in [0.717, 1.165) is 25.2 Å². The van der Waals surface area contributed by atoms with Crippen LogP contribution < -0.4 is 14.8 Å². The highest BCUT2D eigenvalue weighted by Gasteiger charge is 2.27. The van der Waals surface area contributed by atoms with E-state index >= 15 is 0 Å². The summed E-state index contributed by atoms with van der Waals surface area (Å²) in [5, 5.41) is 2.39. The molecule has 2 atom stereocenters. The first-order chi connectivity index (χ1) is 14.3. The number of hydrogen-bond acceptors (Lipinski definition) is 5. The van der Waals surface area contributed by atoms with Gasteiger partial charge >= 0.3 is 0 Å². The van der Waals surface area contributed by atoms with E-state index in [1.807, 2.05) is 44.2 Å². The molecule has 1 aromatic rings. The van der Waals surface area contributed by atoms with Gasteiger partial charge in [0.15, 0.2) is 4.90 Å². The van der Waals surface area contributed by atoms with Gasteiger partial charge in [-0.2, -0.15) is 0 Å². The van der Waals surface area contributed by atoms with Crippen molar-refractivity contribution in [3.63, 3.8) is 0 Å². The highest BCUT2D eigenvalue weighted by molar-refractivity contribution is 7.89. The van der Waals surface area contributed by atoms with Crippen LogP contribution in [-0.4, -0.2) is 28.5 Å². The maximum Gasteiger partial charge on any atom is 0.229 e. The second kappa shape index (κ2) is 10.5. The highest BCUT2D eigenvalue weighted by Crippen LogP contribution is 2.30. The maximum atomic E-state index is 12.8. The van der Waals surface area contributed by atoms with Gasteiger partial charge in [-0.05, 0) is 70.4 Å². The van der Waals surface area contributed by atoms with Crippen molar-refractivity contribution in [2.45, 2.75) is 69.2 Å². The molecule has 2 unspecified atom stereocenters. The van der Waals surface area contributed by atoms with Crippen molar-refractivity contribution in [2.24, 2.45) is 11.8 Å². The van der Waals surface area contributed by atoms with E-state index in [9.17, 15) is 14.1 Å². The quantitative estimate of drug-likeness (QED) is 0.316. The summed E-state index contributed by atoms with van der Waals surface area (Å²) in [5.74, 6) is 0.979. The standard InChI is InChI=1S/C23H32N2O4S/c1-23(2,14-5-3-4-7-18-12-13-21(26)24-22(18)27)25-30(28)20-9-6-8-19(15-20)29-16-17-10-11-17/h3-4,6,8-9,15,17-18,25H,5,7,10-14,16H2,1-2H3,(H,24,26,27)/b4-3+. The molecule has 3 rings (SSSR count). The molecule has 1 saturated carbocycles. The number of allylic oxidation sites excluding steroid dienone is 2. The summed E-state index contributed by atoms with van der Waals surface area (Å²) in [6.07, 6.45) is 9.84. The molecule has 1 saturated heterocycles. The Morgan fingerprint density at radius 2 is 2.07 bits per heavy atom. The number of piperidine rings is 1. The molecule has 6 nitrogen and oxygen atoms in total. The van der Waals surface area contributed by atoms with Gasteiger partial charge in [0, 0.05) is 18.4 Å². The normalized spacial score (nSPS) is 21.0. The van der Waals surface area contributed by atoms with Crippen molar-refractivity contribution in [3.05, 3.63) is 36.4 Å². The van der Waals surface area contributed by atoms with Crippen LogP contribution in [0.25, 0.3) is 0 Å². The zero-order chi connectivity index (χ0) is 21.6. The minimum Gasteiger partial charge on any atom is -0.593 e. The molecular formula is C23H32N2O4S. The summed E-state index contributed by atoms with van der Waals surface area (Å²) in [6.45, 7) is 4.80. The zero-order valence-corrected chi connectivity index (χ0v) is 18.6. The number of benzene rings is 1. The van der Waals surface area contributed by atoms with Gasteiger partial charge in [0.2, 0.25) is 11.8 Å². The van der Waals surface area contributed by atoms with Crippen LogP contribution in [0.4, 0.5) is 0 Å². The van der Waals surface area contributed by atoms with Crippen LogP contribution in [0.3, 0.4) is 0 Å². The Hall–Kier alpha value is -1.83. The number of rotatable bonds is 11. The van der Waals surface area contributed by atoms with Gasteiger partial charge in [0.25, 0.3) is 0 Å². The molecular weight excluding hydrogens is 400 g/mol. The van der Waals surface area contributed by atoms with Gasteiger partial charge in [0.05, 0.1) is 23.5 Å². The van der Waals surface area contributed by atoms with Gasteiger partial charge in [-0.25, -0.2) is 0 Å². The van der Waals surface area contributed by atoms with E-state index < -0.39 is 11.4 Å². The lowest BCUT2D eigenvalue weighted by Crippen LogP contribution is -2.43. The van der Waals surface area contributed by atoms with Gasteiger partial charge in [0.1, 0.15) is 5.75 Å². The van der Waals surface area contributed by atoms with Gasteiger partial charge in [-0.1, -0.05) is 18.2 Å². The Kier molecular flexibility index (Phi) is 7.97. The zero-order valence-electron chi connectivity index (χ0n) is 17.8. The molecule has 30 heavy (non-hydrogen) atoms. The number of ether oxygens (including phenoxy) is 1. The number of carbonyl (C=O) groups is 2. The van der Waals surface area contributed by atoms with Gasteiger partial charge in [-0.15, -0.1) is 4.72 Å². The molecule has 0 spiro atoms. The third-order valence-electron chi connectivity index (χ3n) is 5.45. The largest absolute Gasteiger partial charge is 0.593 e. The van der Waals surface area contributed by atoms with Crippen LogP contribution >= 0.6 is 0 Å². The summed E-state index contributed by atoms with van der Waals surface area (Å²) in [6, 6.07) is 7.48. The summed E-state index contributed by atoms with van der Waals surface area (Å²) < 4.78 is 21.8.